The predicted molar refractivity (Wildman–Crippen MR) is 82.4 cm³/mol. The minimum absolute atomic E-state index is 0. The molecule has 3 N–H and O–H groups in total. The standard InChI is InChI=1S/C15H24N2O.ClH/c1-10(2)14-7-5-13(6-8-14)9-17-15(18)11(3)12(4)16;/h5-8,10-12H,9,16H2,1-4H3,(H,17,18);1H. The molecule has 0 heterocycles. The Morgan fingerprint density at radius 2 is 1.68 bits per heavy atom. The van der Waals surface area contributed by atoms with Crippen LogP contribution in [0.15, 0.2) is 24.3 Å². The molecule has 108 valence electrons. The summed E-state index contributed by atoms with van der Waals surface area (Å²) in [5.74, 6) is 0.393. The molecule has 0 saturated carbocycles. The van der Waals surface area contributed by atoms with Crippen molar-refractivity contribution in [1.29, 1.82) is 0 Å². The number of nitrogens with two attached hydrogens (primary N) is 1. The molecule has 2 unspecified atom stereocenters. The van der Waals surface area contributed by atoms with Crippen LogP contribution in [0.3, 0.4) is 0 Å². The highest BCUT2D eigenvalue weighted by Gasteiger charge is 2.16. The Hall–Kier alpha value is -1.06. The quantitative estimate of drug-likeness (QED) is 0.873. The number of nitrogens with one attached hydrogen (secondary N) is 1. The minimum atomic E-state index is -0.153. The van der Waals surface area contributed by atoms with Crippen LogP contribution in [0.4, 0.5) is 0 Å². The van der Waals surface area contributed by atoms with Gasteiger partial charge in [0.1, 0.15) is 0 Å². The molecule has 2 atom stereocenters. The Labute approximate surface area is 122 Å². The van der Waals surface area contributed by atoms with E-state index in [4.69, 9.17) is 5.73 Å². The second kappa shape index (κ2) is 8.18. The fourth-order valence-corrected chi connectivity index (χ4v) is 1.61. The summed E-state index contributed by atoms with van der Waals surface area (Å²) in [7, 11) is 0. The van der Waals surface area contributed by atoms with Crippen LogP contribution < -0.4 is 11.1 Å². The Morgan fingerprint density at radius 1 is 1.16 bits per heavy atom. The van der Waals surface area contributed by atoms with Gasteiger partial charge < -0.3 is 11.1 Å². The van der Waals surface area contributed by atoms with Crippen molar-refractivity contribution in [2.75, 3.05) is 0 Å². The summed E-state index contributed by atoms with van der Waals surface area (Å²) in [6.07, 6.45) is 0. The van der Waals surface area contributed by atoms with Gasteiger partial charge in [-0.3, -0.25) is 4.79 Å². The first kappa shape index (κ1) is 17.9. The van der Waals surface area contributed by atoms with Gasteiger partial charge in [-0.15, -0.1) is 12.4 Å². The van der Waals surface area contributed by atoms with Crippen LogP contribution in [0.5, 0.6) is 0 Å². The maximum absolute atomic E-state index is 11.7. The van der Waals surface area contributed by atoms with Gasteiger partial charge in [-0.2, -0.15) is 0 Å². The van der Waals surface area contributed by atoms with E-state index < -0.39 is 0 Å². The molecule has 4 heteroatoms. The molecule has 3 nitrogen and oxygen atoms in total. The first-order chi connectivity index (χ1) is 8.41. The molecule has 0 bridgehead atoms. The molecule has 0 fully saturated rings. The normalized spacial score (nSPS) is 13.6. The van der Waals surface area contributed by atoms with E-state index in [1.807, 2.05) is 13.8 Å². The van der Waals surface area contributed by atoms with Crippen molar-refractivity contribution in [2.24, 2.45) is 11.7 Å². The summed E-state index contributed by atoms with van der Waals surface area (Å²) in [6, 6.07) is 8.23. The Morgan fingerprint density at radius 3 is 2.11 bits per heavy atom. The van der Waals surface area contributed by atoms with Gasteiger partial charge in [-0.05, 0) is 24.0 Å². The van der Waals surface area contributed by atoms with Crippen LogP contribution in [-0.4, -0.2) is 11.9 Å². The second-order valence-electron chi connectivity index (χ2n) is 5.26. The SMILES string of the molecule is CC(C)c1ccc(CNC(=O)C(C)C(C)N)cc1.Cl. The van der Waals surface area contributed by atoms with Crippen LogP contribution in [0.1, 0.15) is 44.7 Å². The van der Waals surface area contributed by atoms with Crippen molar-refractivity contribution in [2.45, 2.75) is 46.2 Å². The lowest BCUT2D eigenvalue weighted by Gasteiger charge is -2.15. The van der Waals surface area contributed by atoms with Crippen LogP contribution in [-0.2, 0) is 11.3 Å². The zero-order valence-electron chi connectivity index (χ0n) is 12.1. The third-order valence-electron chi connectivity index (χ3n) is 3.32. The number of hydrogen-bond acceptors (Lipinski definition) is 2. The van der Waals surface area contributed by atoms with Gasteiger partial charge >= 0.3 is 0 Å². The number of carbonyl (C=O) groups excluding carboxylic acids is 1. The Balaban J connectivity index is 0.00000324. The molecule has 0 spiro atoms. The highest BCUT2D eigenvalue weighted by molar-refractivity contribution is 5.85. The average molecular weight is 285 g/mol. The number of hydrogen-bond donors (Lipinski definition) is 2. The van der Waals surface area contributed by atoms with Crippen LogP contribution >= 0.6 is 12.4 Å². The molecule has 0 aliphatic heterocycles. The van der Waals surface area contributed by atoms with E-state index in [0.29, 0.717) is 12.5 Å². The summed E-state index contributed by atoms with van der Waals surface area (Å²) in [5, 5.41) is 2.91. The van der Waals surface area contributed by atoms with E-state index in [2.05, 4.69) is 43.4 Å². The molecule has 1 aromatic rings. The Kier molecular flexibility index (Phi) is 7.72. The minimum Gasteiger partial charge on any atom is -0.352 e. The van der Waals surface area contributed by atoms with Crippen molar-refractivity contribution < 1.29 is 4.79 Å². The van der Waals surface area contributed by atoms with E-state index in [1.165, 1.54) is 5.56 Å². The van der Waals surface area contributed by atoms with Crippen LogP contribution in [0, 0.1) is 5.92 Å². The van der Waals surface area contributed by atoms with E-state index in [-0.39, 0.29) is 30.3 Å². The van der Waals surface area contributed by atoms with Crippen molar-refractivity contribution in [3.8, 4) is 0 Å². The maximum atomic E-state index is 11.7. The molecule has 0 saturated heterocycles. The van der Waals surface area contributed by atoms with Gasteiger partial charge in [0.05, 0.1) is 0 Å². The third kappa shape index (κ3) is 5.62. The molecular formula is C15H25ClN2O. The number of rotatable bonds is 5. The van der Waals surface area contributed by atoms with Crippen molar-refractivity contribution >= 4 is 18.3 Å². The van der Waals surface area contributed by atoms with Gasteiger partial charge in [-0.1, -0.05) is 45.0 Å². The summed E-state index contributed by atoms with van der Waals surface area (Å²) in [6.45, 7) is 8.60. The molecule has 0 aliphatic carbocycles. The summed E-state index contributed by atoms with van der Waals surface area (Å²) >= 11 is 0. The molecule has 1 aromatic carbocycles. The van der Waals surface area contributed by atoms with Crippen LogP contribution in [0.2, 0.25) is 0 Å². The lowest BCUT2D eigenvalue weighted by Crippen LogP contribution is -2.38. The average Bonchev–Trinajstić information content (AvgIpc) is 2.35. The first-order valence-electron chi connectivity index (χ1n) is 6.54. The van der Waals surface area contributed by atoms with Crippen molar-refractivity contribution in [1.82, 2.24) is 5.32 Å². The smallest absolute Gasteiger partial charge is 0.224 e. The highest BCUT2D eigenvalue weighted by atomic mass is 35.5. The van der Waals surface area contributed by atoms with Gasteiger partial charge in [-0.25, -0.2) is 0 Å². The van der Waals surface area contributed by atoms with E-state index in [1.54, 1.807) is 0 Å². The first-order valence-corrected chi connectivity index (χ1v) is 6.54. The largest absolute Gasteiger partial charge is 0.352 e. The molecule has 0 radical (unpaired) electrons. The highest BCUT2D eigenvalue weighted by Crippen LogP contribution is 2.14. The number of halogens is 1. The predicted octanol–water partition coefficient (Wildman–Crippen LogP) is 2.83. The molecule has 19 heavy (non-hydrogen) atoms. The van der Waals surface area contributed by atoms with Gasteiger partial charge in [0, 0.05) is 18.5 Å². The zero-order valence-corrected chi connectivity index (χ0v) is 13.0. The molecular weight excluding hydrogens is 260 g/mol. The van der Waals surface area contributed by atoms with E-state index >= 15 is 0 Å². The number of carbonyl (C=O) groups is 1. The van der Waals surface area contributed by atoms with Gasteiger partial charge in [0.15, 0.2) is 0 Å². The molecule has 0 aromatic heterocycles. The summed E-state index contributed by atoms with van der Waals surface area (Å²) in [4.78, 5) is 11.7. The fraction of sp³-hybridized carbons (Fsp3) is 0.533. The maximum Gasteiger partial charge on any atom is 0.224 e. The zero-order chi connectivity index (χ0) is 13.7. The molecule has 0 aliphatic rings. The summed E-state index contributed by atoms with van der Waals surface area (Å²) in [5.41, 5.74) is 8.13. The Bertz CT molecular complexity index is 388. The van der Waals surface area contributed by atoms with Crippen molar-refractivity contribution in [3.05, 3.63) is 35.4 Å². The second-order valence-corrected chi connectivity index (χ2v) is 5.26. The van der Waals surface area contributed by atoms with Crippen molar-refractivity contribution in [3.63, 3.8) is 0 Å². The topological polar surface area (TPSA) is 55.1 Å². The third-order valence-corrected chi connectivity index (χ3v) is 3.32. The van der Waals surface area contributed by atoms with Gasteiger partial charge in [0.2, 0.25) is 5.91 Å². The number of benzene rings is 1. The van der Waals surface area contributed by atoms with Gasteiger partial charge in [0.25, 0.3) is 0 Å². The number of amides is 1. The van der Waals surface area contributed by atoms with Crippen LogP contribution in [0.25, 0.3) is 0 Å². The van der Waals surface area contributed by atoms with E-state index in [0.717, 1.165) is 5.56 Å². The monoisotopic (exact) mass is 284 g/mol. The lowest BCUT2D eigenvalue weighted by molar-refractivity contribution is -0.125. The van der Waals surface area contributed by atoms with E-state index in [9.17, 15) is 4.79 Å². The molecule has 1 rings (SSSR count). The lowest BCUT2D eigenvalue weighted by atomic mass is 10.0. The molecule has 1 amide bonds. The summed E-state index contributed by atoms with van der Waals surface area (Å²) < 4.78 is 0. The fourth-order valence-electron chi connectivity index (χ4n) is 1.61.